The SMILES string of the molecule is Cc1cccc(/C=C/n2c3c(c4cc(Cl)sc42)CNCC3)c1. The van der Waals surface area contributed by atoms with Gasteiger partial charge in [-0.1, -0.05) is 41.4 Å². The highest BCUT2D eigenvalue weighted by atomic mass is 35.5. The first-order valence-corrected chi connectivity index (χ1v) is 8.68. The van der Waals surface area contributed by atoms with Gasteiger partial charge >= 0.3 is 0 Å². The average Bonchev–Trinajstić information content (AvgIpc) is 3.01. The number of benzene rings is 1. The number of nitrogens with one attached hydrogen (secondary N) is 1. The number of aryl methyl sites for hydroxylation is 1. The van der Waals surface area contributed by atoms with Crippen molar-refractivity contribution in [3.8, 4) is 0 Å². The second-order valence-electron chi connectivity index (χ2n) is 5.72. The van der Waals surface area contributed by atoms with Gasteiger partial charge in [0, 0.05) is 36.8 Å². The molecule has 0 unspecified atom stereocenters. The number of aromatic nitrogens is 1. The second-order valence-corrected chi connectivity index (χ2v) is 7.38. The Kier molecular flexibility index (Phi) is 3.57. The molecule has 4 rings (SSSR count). The molecule has 1 aliphatic heterocycles. The van der Waals surface area contributed by atoms with Gasteiger partial charge in [-0.05, 0) is 30.2 Å². The monoisotopic (exact) mass is 328 g/mol. The molecule has 112 valence electrons. The highest BCUT2D eigenvalue weighted by Crippen LogP contribution is 2.37. The zero-order valence-corrected chi connectivity index (χ0v) is 14.0. The Morgan fingerprint density at radius 1 is 1.32 bits per heavy atom. The Hall–Kier alpha value is -1.55. The summed E-state index contributed by atoms with van der Waals surface area (Å²) < 4.78 is 3.18. The summed E-state index contributed by atoms with van der Waals surface area (Å²) >= 11 is 7.90. The van der Waals surface area contributed by atoms with E-state index in [4.69, 9.17) is 11.6 Å². The highest BCUT2D eigenvalue weighted by Gasteiger charge is 2.20. The van der Waals surface area contributed by atoms with Crippen molar-refractivity contribution in [2.24, 2.45) is 0 Å². The van der Waals surface area contributed by atoms with Gasteiger partial charge in [-0.15, -0.1) is 11.3 Å². The summed E-state index contributed by atoms with van der Waals surface area (Å²) in [7, 11) is 0. The predicted octanol–water partition coefficient (Wildman–Crippen LogP) is 4.94. The molecule has 1 N–H and O–H groups in total. The maximum absolute atomic E-state index is 6.24. The van der Waals surface area contributed by atoms with Gasteiger partial charge in [-0.2, -0.15) is 0 Å². The van der Waals surface area contributed by atoms with E-state index in [0.29, 0.717) is 0 Å². The van der Waals surface area contributed by atoms with Gasteiger partial charge in [0.1, 0.15) is 4.83 Å². The summed E-state index contributed by atoms with van der Waals surface area (Å²) in [5.74, 6) is 0. The third-order valence-corrected chi connectivity index (χ3v) is 5.43. The zero-order chi connectivity index (χ0) is 15.1. The quantitative estimate of drug-likeness (QED) is 0.705. The van der Waals surface area contributed by atoms with Crippen molar-refractivity contribution in [3.63, 3.8) is 0 Å². The van der Waals surface area contributed by atoms with Crippen LogP contribution >= 0.6 is 22.9 Å². The first-order chi connectivity index (χ1) is 10.7. The molecule has 4 heteroatoms. The molecule has 2 aromatic heterocycles. The van der Waals surface area contributed by atoms with Crippen molar-refractivity contribution in [1.82, 2.24) is 9.88 Å². The number of hydrogen-bond acceptors (Lipinski definition) is 2. The Morgan fingerprint density at radius 2 is 2.23 bits per heavy atom. The molecule has 0 radical (unpaired) electrons. The molecule has 3 heterocycles. The van der Waals surface area contributed by atoms with Gasteiger partial charge in [0.25, 0.3) is 0 Å². The fraction of sp³-hybridized carbons (Fsp3) is 0.222. The number of halogens is 1. The molecule has 0 saturated heterocycles. The van der Waals surface area contributed by atoms with E-state index in [0.717, 1.165) is 23.8 Å². The Bertz CT molecular complexity index is 873. The van der Waals surface area contributed by atoms with Crippen LogP contribution in [0.3, 0.4) is 0 Å². The fourth-order valence-corrected chi connectivity index (χ4v) is 4.40. The van der Waals surface area contributed by atoms with Crippen molar-refractivity contribution < 1.29 is 0 Å². The standard InChI is InChI=1S/C18H17ClN2S/c1-12-3-2-4-13(9-12)6-8-21-16-5-7-20-11-15(16)14-10-17(19)22-18(14)21/h2-4,6,8-10,20H,5,7,11H2,1H3/b8-6+. The number of hydrogen-bond donors (Lipinski definition) is 1. The largest absolute Gasteiger partial charge is 0.312 e. The van der Waals surface area contributed by atoms with E-state index in [1.165, 1.54) is 32.6 Å². The molecule has 0 aliphatic carbocycles. The maximum Gasteiger partial charge on any atom is 0.108 e. The average molecular weight is 329 g/mol. The number of fused-ring (bicyclic) bond motifs is 3. The van der Waals surface area contributed by atoms with Crippen LogP contribution in [0.2, 0.25) is 4.34 Å². The molecule has 2 nitrogen and oxygen atoms in total. The summed E-state index contributed by atoms with van der Waals surface area (Å²) in [6.45, 7) is 4.10. The fourth-order valence-electron chi connectivity index (χ4n) is 3.15. The van der Waals surface area contributed by atoms with Crippen LogP contribution in [0.5, 0.6) is 0 Å². The maximum atomic E-state index is 6.24. The molecule has 0 spiro atoms. The molecule has 0 amide bonds. The van der Waals surface area contributed by atoms with E-state index in [9.17, 15) is 0 Å². The van der Waals surface area contributed by atoms with E-state index in [-0.39, 0.29) is 0 Å². The van der Waals surface area contributed by atoms with Crippen LogP contribution < -0.4 is 5.32 Å². The molecular weight excluding hydrogens is 312 g/mol. The number of nitrogens with zero attached hydrogens (tertiary/aromatic N) is 1. The lowest BCUT2D eigenvalue weighted by Gasteiger charge is -2.15. The lowest BCUT2D eigenvalue weighted by atomic mass is 10.1. The molecule has 1 aromatic carbocycles. The second kappa shape index (κ2) is 5.58. The minimum Gasteiger partial charge on any atom is -0.312 e. The molecule has 3 aromatic rings. The van der Waals surface area contributed by atoms with Crippen LogP contribution in [0.25, 0.3) is 22.5 Å². The molecule has 0 atom stereocenters. The van der Waals surface area contributed by atoms with Gasteiger partial charge in [-0.3, -0.25) is 0 Å². The lowest BCUT2D eigenvalue weighted by Crippen LogP contribution is -2.24. The molecule has 22 heavy (non-hydrogen) atoms. The van der Waals surface area contributed by atoms with E-state index < -0.39 is 0 Å². The minimum absolute atomic E-state index is 0.857. The van der Waals surface area contributed by atoms with Crippen LogP contribution in [-0.2, 0) is 13.0 Å². The van der Waals surface area contributed by atoms with Crippen molar-refractivity contribution in [1.29, 1.82) is 0 Å². The zero-order valence-electron chi connectivity index (χ0n) is 12.4. The summed E-state index contributed by atoms with van der Waals surface area (Å²) in [4.78, 5) is 1.25. The smallest absolute Gasteiger partial charge is 0.108 e. The number of thiophene rings is 1. The van der Waals surface area contributed by atoms with Gasteiger partial charge < -0.3 is 9.88 Å². The lowest BCUT2D eigenvalue weighted by molar-refractivity contribution is 0.634. The molecular formula is C18H17ClN2S. The third-order valence-electron chi connectivity index (χ3n) is 4.16. The molecule has 0 bridgehead atoms. The van der Waals surface area contributed by atoms with E-state index >= 15 is 0 Å². The van der Waals surface area contributed by atoms with Crippen LogP contribution in [0.1, 0.15) is 22.4 Å². The first kappa shape index (κ1) is 14.1. The first-order valence-electron chi connectivity index (χ1n) is 7.49. The summed E-state index contributed by atoms with van der Waals surface area (Å²) in [5.41, 5.74) is 5.33. The normalized spacial score (nSPS) is 14.8. The van der Waals surface area contributed by atoms with Crippen LogP contribution in [0.15, 0.2) is 30.3 Å². The van der Waals surface area contributed by atoms with Crippen molar-refractivity contribution in [2.45, 2.75) is 19.9 Å². The summed E-state index contributed by atoms with van der Waals surface area (Å²) in [6.07, 6.45) is 5.43. The van der Waals surface area contributed by atoms with Gasteiger partial charge in [0.05, 0.1) is 4.34 Å². The van der Waals surface area contributed by atoms with Crippen molar-refractivity contribution >= 4 is 45.4 Å². The van der Waals surface area contributed by atoms with Crippen LogP contribution in [-0.4, -0.2) is 11.1 Å². The Morgan fingerprint density at radius 3 is 3.09 bits per heavy atom. The van der Waals surface area contributed by atoms with Crippen molar-refractivity contribution in [2.75, 3.05) is 6.54 Å². The predicted molar refractivity (Wildman–Crippen MR) is 96.6 cm³/mol. The Labute approximate surface area is 139 Å². The van der Waals surface area contributed by atoms with E-state index in [1.807, 2.05) is 0 Å². The highest BCUT2D eigenvalue weighted by molar-refractivity contribution is 7.22. The molecule has 0 fully saturated rings. The molecule has 0 saturated carbocycles. The topological polar surface area (TPSA) is 17.0 Å². The number of rotatable bonds is 2. The minimum atomic E-state index is 0.857. The van der Waals surface area contributed by atoms with E-state index in [1.54, 1.807) is 11.3 Å². The van der Waals surface area contributed by atoms with Crippen molar-refractivity contribution in [3.05, 3.63) is 57.1 Å². The van der Waals surface area contributed by atoms with Gasteiger partial charge in [0.15, 0.2) is 0 Å². The van der Waals surface area contributed by atoms with E-state index in [2.05, 4.69) is 59.4 Å². The third kappa shape index (κ3) is 2.39. The summed E-state index contributed by atoms with van der Waals surface area (Å²) in [6, 6.07) is 10.7. The van der Waals surface area contributed by atoms with Gasteiger partial charge in [0.2, 0.25) is 0 Å². The van der Waals surface area contributed by atoms with Crippen LogP contribution in [0.4, 0.5) is 0 Å². The Balaban J connectivity index is 1.83. The van der Waals surface area contributed by atoms with Crippen LogP contribution in [0, 0.1) is 6.92 Å². The molecule has 1 aliphatic rings. The van der Waals surface area contributed by atoms with Gasteiger partial charge in [-0.25, -0.2) is 0 Å². The summed E-state index contributed by atoms with van der Waals surface area (Å²) in [5, 5.41) is 4.76.